The quantitative estimate of drug-likeness (QED) is 0.640. The molecule has 0 N–H and O–H groups in total. The first-order valence-corrected chi connectivity index (χ1v) is 9.11. The molecule has 1 aromatic heterocycles. The van der Waals surface area contributed by atoms with E-state index in [2.05, 4.69) is 10.2 Å². The van der Waals surface area contributed by atoms with E-state index in [1.807, 2.05) is 60.0 Å². The molecule has 142 valence electrons. The maximum absolute atomic E-state index is 11.6. The first-order valence-electron chi connectivity index (χ1n) is 9.11. The molecule has 0 radical (unpaired) electrons. The van der Waals surface area contributed by atoms with Crippen LogP contribution < -0.4 is 4.74 Å². The van der Waals surface area contributed by atoms with Crippen molar-refractivity contribution in [1.82, 2.24) is 14.8 Å². The summed E-state index contributed by atoms with van der Waals surface area (Å²) in [6.07, 6.45) is 0. The molecule has 0 unspecified atom stereocenters. The summed E-state index contributed by atoms with van der Waals surface area (Å²) in [5.74, 6) is 1.75. The zero-order valence-electron chi connectivity index (χ0n) is 15.8. The Morgan fingerprint density at radius 2 is 1.96 bits per heavy atom. The lowest BCUT2D eigenvalue weighted by Crippen LogP contribution is -2.15. The van der Waals surface area contributed by atoms with E-state index in [4.69, 9.17) is 14.5 Å². The van der Waals surface area contributed by atoms with Gasteiger partial charge in [-0.3, -0.25) is 9.56 Å². The highest BCUT2D eigenvalue weighted by Crippen LogP contribution is 2.29. The summed E-state index contributed by atoms with van der Waals surface area (Å²) < 4.78 is 12.6. The van der Waals surface area contributed by atoms with Gasteiger partial charge >= 0.3 is 5.97 Å². The average molecular weight is 376 g/mol. The molecule has 0 saturated heterocycles. The average Bonchev–Trinajstić information content (AvgIpc) is 2.99. The van der Waals surface area contributed by atoms with Gasteiger partial charge in [-0.1, -0.05) is 30.3 Å². The lowest BCUT2D eigenvalue weighted by Gasteiger charge is -2.14. The predicted molar refractivity (Wildman–Crippen MR) is 104 cm³/mol. The number of benzene rings is 2. The fourth-order valence-electron chi connectivity index (χ4n) is 3.23. The second-order valence-corrected chi connectivity index (χ2v) is 6.30. The van der Waals surface area contributed by atoms with Crippen molar-refractivity contribution in [3.63, 3.8) is 0 Å². The summed E-state index contributed by atoms with van der Waals surface area (Å²) in [7, 11) is 0. The molecule has 3 aromatic rings. The lowest BCUT2D eigenvalue weighted by atomic mass is 10.00. The summed E-state index contributed by atoms with van der Waals surface area (Å²) >= 11 is 0. The maximum atomic E-state index is 11.6. The Morgan fingerprint density at radius 3 is 2.75 bits per heavy atom. The highest BCUT2D eigenvalue weighted by molar-refractivity contribution is 6.15. The fourth-order valence-corrected chi connectivity index (χ4v) is 3.23. The van der Waals surface area contributed by atoms with Gasteiger partial charge in [0.05, 0.1) is 18.0 Å². The molecule has 0 saturated carbocycles. The van der Waals surface area contributed by atoms with Gasteiger partial charge in [-0.2, -0.15) is 0 Å². The van der Waals surface area contributed by atoms with Gasteiger partial charge in [-0.05, 0) is 32.0 Å². The summed E-state index contributed by atoms with van der Waals surface area (Å²) in [6.45, 7) is 4.30. The Morgan fingerprint density at radius 1 is 1.14 bits per heavy atom. The Balaban J connectivity index is 1.78. The Bertz CT molecular complexity index is 1040. The van der Waals surface area contributed by atoms with Crippen molar-refractivity contribution in [2.75, 3.05) is 13.2 Å². The third-order valence-corrected chi connectivity index (χ3v) is 4.44. The molecule has 2 aromatic carbocycles. The Kier molecular flexibility index (Phi) is 4.89. The van der Waals surface area contributed by atoms with Gasteiger partial charge in [-0.15, -0.1) is 10.2 Å². The van der Waals surface area contributed by atoms with Gasteiger partial charge in [0.2, 0.25) is 0 Å². The van der Waals surface area contributed by atoms with Crippen LogP contribution in [0.25, 0.3) is 5.69 Å². The number of aromatic nitrogens is 3. The molecular weight excluding hydrogens is 356 g/mol. The summed E-state index contributed by atoms with van der Waals surface area (Å²) in [5.41, 5.74) is 3.68. The van der Waals surface area contributed by atoms with Crippen LogP contribution in [0.5, 0.6) is 5.75 Å². The number of aryl methyl sites for hydroxylation is 1. The highest BCUT2D eigenvalue weighted by atomic mass is 16.6. The van der Waals surface area contributed by atoms with Crippen molar-refractivity contribution >= 4 is 11.7 Å². The van der Waals surface area contributed by atoms with E-state index < -0.39 is 5.97 Å². The zero-order chi connectivity index (χ0) is 19.5. The normalized spacial score (nSPS) is 12.4. The van der Waals surface area contributed by atoms with Gasteiger partial charge in [0.25, 0.3) is 0 Å². The fraction of sp³-hybridized carbons (Fsp3) is 0.238. The summed E-state index contributed by atoms with van der Waals surface area (Å²) in [5, 5.41) is 8.45. The van der Waals surface area contributed by atoms with Gasteiger partial charge in [0, 0.05) is 11.1 Å². The van der Waals surface area contributed by atoms with Crippen molar-refractivity contribution in [1.29, 1.82) is 0 Å². The van der Waals surface area contributed by atoms with Crippen LogP contribution in [0.2, 0.25) is 0 Å². The number of hydrogen-bond donors (Lipinski definition) is 0. The number of ether oxygens (including phenoxy) is 2. The second kappa shape index (κ2) is 7.64. The Hall–Kier alpha value is -3.48. The SMILES string of the molecule is CCOC(=O)COc1ccc2c(c1)C(c1ccccc1)=NCc1nnc(C)n1-2. The van der Waals surface area contributed by atoms with E-state index in [9.17, 15) is 4.79 Å². The molecule has 4 rings (SSSR count). The third kappa shape index (κ3) is 3.38. The molecule has 0 aliphatic carbocycles. The summed E-state index contributed by atoms with van der Waals surface area (Å²) in [4.78, 5) is 16.4. The lowest BCUT2D eigenvalue weighted by molar-refractivity contribution is -0.145. The number of rotatable bonds is 5. The number of carbonyl (C=O) groups excluding carboxylic acids is 1. The minimum absolute atomic E-state index is 0.138. The van der Waals surface area contributed by atoms with E-state index >= 15 is 0 Å². The molecular formula is C21H20N4O3. The largest absolute Gasteiger partial charge is 0.482 e. The van der Waals surface area contributed by atoms with Crippen LogP contribution in [0.4, 0.5) is 0 Å². The van der Waals surface area contributed by atoms with E-state index in [1.54, 1.807) is 6.92 Å². The van der Waals surface area contributed by atoms with Crippen molar-refractivity contribution < 1.29 is 14.3 Å². The molecule has 1 aliphatic heterocycles. The second-order valence-electron chi connectivity index (χ2n) is 6.30. The summed E-state index contributed by atoms with van der Waals surface area (Å²) in [6, 6.07) is 15.6. The number of nitrogens with zero attached hydrogens (tertiary/aromatic N) is 4. The van der Waals surface area contributed by atoms with Crippen molar-refractivity contribution in [3.05, 3.63) is 71.3 Å². The minimum Gasteiger partial charge on any atom is -0.482 e. The highest BCUT2D eigenvalue weighted by Gasteiger charge is 2.22. The molecule has 2 heterocycles. The number of esters is 1. The topological polar surface area (TPSA) is 78.6 Å². The van der Waals surface area contributed by atoms with Crippen LogP contribution in [0.15, 0.2) is 53.5 Å². The number of hydrogen-bond acceptors (Lipinski definition) is 6. The van der Waals surface area contributed by atoms with Gasteiger partial charge in [0.15, 0.2) is 12.4 Å². The van der Waals surface area contributed by atoms with Crippen LogP contribution in [0, 0.1) is 6.92 Å². The first kappa shape index (κ1) is 17.9. The number of carbonyl (C=O) groups is 1. The molecule has 7 nitrogen and oxygen atoms in total. The third-order valence-electron chi connectivity index (χ3n) is 4.44. The van der Waals surface area contributed by atoms with Gasteiger partial charge < -0.3 is 9.47 Å². The minimum atomic E-state index is -0.397. The number of fused-ring (bicyclic) bond motifs is 3. The molecule has 0 bridgehead atoms. The van der Waals surface area contributed by atoms with Crippen LogP contribution >= 0.6 is 0 Å². The first-order chi connectivity index (χ1) is 13.7. The molecule has 0 fully saturated rings. The molecule has 0 amide bonds. The van der Waals surface area contributed by atoms with E-state index in [0.29, 0.717) is 18.9 Å². The van der Waals surface area contributed by atoms with Crippen LogP contribution in [-0.2, 0) is 16.1 Å². The predicted octanol–water partition coefficient (Wildman–Crippen LogP) is 2.87. The Labute approximate surface area is 162 Å². The van der Waals surface area contributed by atoms with Crippen LogP contribution in [-0.4, -0.2) is 39.7 Å². The van der Waals surface area contributed by atoms with E-state index in [0.717, 1.165) is 34.2 Å². The smallest absolute Gasteiger partial charge is 0.344 e. The van der Waals surface area contributed by atoms with Crippen molar-refractivity contribution in [3.8, 4) is 11.4 Å². The molecule has 1 aliphatic rings. The number of aliphatic imine (C=N–C) groups is 1. The van der Waals surface area contributed by atoms with Gasteiger partial charge in [0.1, 0.15) is 18.1 Å². The molecule has 28 heavy (non-hydrogen) atoms. The van der Waals surface area contributed by atoms with Crippen LogP contribution in [0.1, 0.15) is 29.7 Å². The monoisotopic (exact) mass is 376 g/mol. The molecule has 0 spiro atoms. The standard InChI is InChI=1S/C21H20N4O3/c1-3-27-20(26)13-28-16-9-10-18-17(11-16)21(15-7-5-4-6-8-15)22-12-19-24-23-14(2)25(18)19/h4-11H,3,12-13H2,1-2H3. The molecule has 7 heteroatoms. The molecule has 0 atom stereocenters. The van der Waals surface area contributed by atoms with E-state index in [-0.39, 0.29) is 6.61 Å². The van der Waals surface area contributed by atoms with Gasteiger partial charge in [-0.25, -0.2) is 4.79 Å². The van der Waals surface area contributed by atoms with Crippen LogP contribution in [0.3, 0.4) is 0 Å². The van der Waals surface area contributed by atoms with E-state index in [1.165, 1.54) is 0 Å². The van der Waals surface area contributed by atoms with Crippen molar-refractivity contribution in [2.24, 2.45) is 4.99 Å². The maximum Gasteiger partial charge on any atom is 0.344 e. The van der Waals surface area contributed by atoms with Crippen molar-refractivity contribution in [2.45, 2.75) is 20.4 Å². The zero-order valence-corrected chi connectivity index (χ0v) is 15.8.